The summed E-state index contributed by atoms with van der Waals surface area (Å²) in [6.07, 6.45) is 0.824. The number of amides is 3. The number of rotatable bonds is 8. The molecule has 0 saturated heterocycles. The molecule has 0 atom stereocenters. The summed E-state index contributed by atoms with van der Waals surface area (Å²) in [6, 6.07) is 13.6. The zero-order chi connectivity index (χ0) is 23.1. The molecule has 0 aliphatic rings. The highest BCUT2D eigenvalue weighted by Gasteiger charge is 2.16. The molecule has 3 rings (SSSR count). The number of carbonyl (C=O) groups excluding carboxylic acids is 2. The van der Waals surface area contributed by atoms with Gasteiger partial charge in [0.05, 0.1) is 29.5 Å². The van der Waals surface area contributed by atoms with Gasteiger partial charge in [0.2, 0.25) is 5.91 Å². The van der Waals surface area contributed by atoms with E-state index in [4.69, 9.17) is 4.74 Å². The Labute approximate surface area is 190 Å². The van der Waals surface area contributed by atoms with Crippen LogP contribution in [-0.4, -0.2) is 40.9 Å². The number of nitrogens with zero attached hydrogens (tertiary/aromatic N) is 2. The van der Waals surface area contributed by atoms with Crippen LogP contribution in [0.5, 0.6) is 5.75 Å². The standard InChI is InChI=1S/C23H26N4O4S/c1-15(2)11-12-24-22(30)26-20(28)14-32-23-25-19-10-5-4-9-18(19)21(29)27(23)16-7-6-8-17(13-16)31-3/h4-10,13,15H,11-12,14H2,1-3H3,(H2,24,26,28,30). The second kappa shape index (κ2) is 10.8. The molecule has 8 nitrogen and oxygen atoms in total. The van der Waals surface area contributed by atoms with Gasteiger partial charge in [-0.25, -0.2) is 9.78 Å². The van der Waals surface area contributed by atoms with Crippen molar-refractivity contribution >= 4 is 34.6 Å². The Morgan fingerprint density at radius 1 is 1.16 bits per heavy atom. The molecule has 0 spiro atoms. The SMILES string of the molecule is COc1cccc(-n2c(SCC(=O)NC(=O)NCCC(C)C)nc3ccccc3c2=O)c1. The number of imide groups is 1. The largest absolute Gasteiger partial charge is 0.497 e. The van der Waals surface area contributed by atoms with E-state index >= 15 is 0 Å². The number of nitrogens with one attached hydrogen (secondary N) is 2. The lowest BCUT2D eigenvalue weighted by Crippen LogP contribution is -2.41. The van der Waals surface area contributed by atoms with E-state index in [1.165, 1.54) is 4.57 Å². The summed E-state index contributed by atoms with van der Waals surface area (Å²) in [7, 11) is 1.55. The van der Waals surface area contributed by atoms with Gasteiger partial charge in [-0.3, -0.25) is 19.5 Å². The number of methoxy groups -OCH3 is 1. The number of hydrogen-bond acceptors (Lipinski definition) is 6. The first kappa shape index (κ1) is 23.3. The number of urea groups is 1. The van der Waals surface area contributed by atoms with Gasteiger partial charge in [0.15, 0.2) is 5.16 Å². The van der Waals surface area contributed by atoms with E-state index in [9.17, 15) is 14.4 Å². The molecule has 2 N–H and O–H groups in total. The molecule has 1 aromatic heterocycles. The third-order valence-corrected chi connectivity index (χ3v) is 5.59. The highest BCUT2D eigenvalue weighted by Crippen LogP contribution is 2.23. The fourth-order valence-corrected chi connectivity index (χ4v) is 3.81. The molecule has 0 fully saturated rings. The minimum atomic E-state index is -0.534. The van der Waals surface area contributed by atoms with E-state index in [0.717, 1.165) is 18.2 Å². The van der Waals surface area contributed by atoms with E-state index in [0.29, 0.717) is 40.0 Å². The molecular formula is C23H26N4O4S. The lowest BCUT2D eigenvalue weighted by atomic mass is 10.1. The number of aromatic nitrogens is 2. The van der Waals surface area contributed by atoms with Crippen LogP contribution in [0.25, 0.3) is 16.6 Å². The quantitative estimate of drug-likeness (QED) is 0.400. The third kappa shape index (κ3) is 5.88. The normalized spacial score (nSPS) is 10.9. The molecule has 0 saturated carbocycles. The number of carbonyl (C=O) groups is 2. The van der Waals surface area contributed by atoms with E-state index in [2.05, 4.69) is 29.5 Å². The van der Waals surface area contributed by atoms with Crippen LogP contribution in [0, 0.1) is 5.92 Å². The lowest BCUT2D eigenvalue weighted by Gasteiger charge is -2.14. The maximum absolute atomic E-state index is 13.2. The molecule has 168 valence electrons. The molecule has 32 heavy (non-hydrogen) atoms. The molecule has 0 radical (unpaired) electrons. The Kier molecular flexibility index (Phi) is 7.88. The average Bonchev–Trinajstić information content (AvgIpc) is 2.77. The van der Waals surface area contributed by atoms with Crippen molar-refractivity contribution in [2.75, 3.05) is 19.4 Å². The minimum Gasteiger partial charge on any atom is -0.497 e. The molecule has 0 bridgehead atoms. The van der Waals surface area contributed by atoms with Gasteiger partial charge in [-0.2, -0.15) is 0 Å². The van der Waals surface area contributed by atoms with Gasteiger partial charge in [0.1, 0.15) is 5.75 Å². The van der Waals surface area contributed by atoms with Crippen molar-refractivity contribution in [1.82, 2.24) is 20.2 Å². The van der Waals surface area contributed by atoms with Gasteiger partial charge in [-0.05, 0) is 36.6 Å². The predicted octanol–water partition coefficient (Wildman–Crippen LogP) is 3.36. The molecule has 0 unspecified atom stereocenters. The Balaban J connectivity index is 1.83. The summed E-state index contributed by atoms with van der Waals surface area (Å²) < 4.78 is 6.73. The number of hydrogen-bond donors (Lipinski definition) is 2. The summed E-state index contributed by atoms with van der Waals surface area (Å²) in [5.74, 6) is 0.492. The zero-order valence-electron chi connectivity index (χ0n) is 18.3. The number of thioether (sulfide) groups is 1. The van der Waals surface area contributed by atoms with Crippen molar-refractivity contribution in [1.29, 1.82) is 0 Å². The van der Waals surface area contributed by atoms with E-state index in [-0.39, 0.29) is 11.3 Å². The third-order valence-electron chi connectivity index (χ3n) is 4.65. The van der Waals surface area contributed by atoms with Crippen molar-refractivity contribution < 1.29 is 14.3 Å². The van der Waals surface area contributed by atoms with Gasteiger partial charge in [0.25, 0.3) is 5.56 Å². The predicted molar refractivity (Wildman–Crippen MR) is 126 cm³/mol. The summed E-state index contributed by atoms with van der Waals surface area (Å²) in [5, 5.41) is 5.78. The van der Waals surface area contributed by atoms with Gasteiger partial charge >= 0.3 is 6.03 Å². The summed E-state index contributed by atoms with van der Waals surface area (Å²) in [4.78, 5) is 42.0. The maximum Gasteiger partial charge on any atom is 0.321 e. The van der Waals surface area contributed by atoms with Crippen LogP contribution in [0.4, 0.5) is 4.79 Å². The van der Waals surface area contributed by atoms with Crippen molar-refractivity contribution in [3.63, 3.8) is 0 Å². The maximum atomic E-state index is 13.2. The highest BCUT2D eigenvalue weighted by molar-refractivity contribution is 7.99. The molecule has 0 aliphatic carbocycles. The Bertz CT molecular complexity index is 1180. The summed E-state index contributed by atoms with van der Waals surface area (Å²) in [5.41, 5.74) is 0.853. The van der Waals surface area contributed by atoms with Gasteiger partial charge < -0.3 is 10.1 Å². The molecule has 3 amide bonds. The van der Waals surface area contributed by atoms with Gasteiger partial charge in [-0.15, -0.1) is 0 Å². The average molecular weight is 455 g/mol. The lowest BCUT2D eigenvalue weighted by molar-refractivity contribution is -0.117. The molecular weight excluding hydrogens is 428 g/mol. The monoisotopic (exact) mass is 454 g/mol. The fraction of sp³-hybridized carbons (Fsp3) is 0.304. The first-order chi connectivity index (χ1) is 15.4. The van der Waals surface area contributed by atoms with Crippen molar-refractivity contribution in [3.8, 4) is 11.4 Å². The molecule has 1 heterocycles. The van der Waals surface area contributed by atoms with Crippen molar-refractivity contribution in [2.24, 2.45) is 5.92 Å². The minimum absolute atomic E-state index is 0.0770. The Morgan fingerprint density at radius 2 is 1.94 bits per heavy atom. The Morgan fingerprint density at radius 3 is 2.69 bits per heavy atom. The number of ether oxygens (including phenoxy) is 1. The van der Waals surface area contributed by atoms with Crippen molar-refractivity contribution in [2.45, 2.75) is 25.4 Å². The van der Waals surface area contributed by atoms with E-state index in [1.54, 1.807) is 55.6 Å². The van der Waals surface area contributed by atoms with Gasteiger partial charge in [-0.1, -0.05) is 43.8 Å². The first-order valence-electron chi connectivity index (χ1n) is 10.3. The van der Waals surface area contributed by atoms with Crippen LogP contribution in [0.2, 0.25) is 0 Å². The second-order valence-electron chi connectivity index (χ2n) is 7.53. The van der Waals surface area contributed by atoms with Crippen LogP contribution >= 0.6 is 11.8 Å². The molecule has 2 aromatic carbocycles. The summed E-state index contributed by atoms with van der Waals surface area (Å²) >= 11 is 1.08. The van der Waals surface area contributed by atoms with E-state index in [1.807, 2.05) is 0 Å². The van der Waals surface area contributed by atoms with Crippen LogP contribution in [0.1, 0.15) is 20.3 Å². The molecule has 3 aromatic rings. The molecule has 9 heteroatoms. The Hall–Kier alpha value is -3.33. The highest BCUT2D eigenvalue weighted by atomic mass is 32.2. The molecule has 0 aliphatic heterocycles. The number of fused-ring (bicyclic) bond motifs is 1. The van der Waals surface area contributed by atoms with Crippen molar-refractivity contribution in [3.05, 3.63) is 58.9 Å². The van der Waals surface area contributed by atoms with Crippen LogP contribution in [0.15, 0.2) is 58.5 Å². The first-order valence-corrected chi connectivity index (χ1v) is 11.2. The smallest absolute Gasteiger partial charge is 0.321 e. The number of benzene rings is 2. The number of para-hydroxylation sites is 1. The topological polar surface area (TPSA) is 102 Å². The fourth-order valence-electron chi connectivity index (χ4n) is 3.00. The van der Waals surface area contributed by atoms with Crippen LogP contribution in [-0.2, 0) is 4.79 Å². The van der Waals surface area contributed by atoms with E-state index < -0.39 is 11.9 Å². The zero-order valence-corrected chi connectivity index (χ0v) is 19.1. The summed E-state index contributed by atoms with van der Waals surface area (Å²) in [6.45, 7) is 4.60. The van der Waals surface area contributed by atoms with Gasteiger partial charge in [0, 0.05) is 12.6 Å². The second-order valence-corrected chi connectivity index (χ2v) is 8.47. The van der Waals surface area contributed by atoms with Crippen LogP contribution < -0.4 is 20.9 Å². The van der Waals surface area contributed by atoms with Crippen LogP contribution in [0.3, 0.4) is 0 Å².